The van der Waals surface area contributed by atoms with Crippen molar-refractivity contribution in [1.29, 1.82) is 0 Å². The first-order valence-electron chi connectivity index (χ1n) is 11.1. The van der Waals surface area contributed by atoms with Crippen molar-refractivity contribution in [3.8, 4) is 0 Å². The summed E-state index contributed by atoms with van der Waals surface area (Å²) in [6.07, 6.45) is 0.207. The number of nitrogens with one attached hydrogen (secondary N) is 2. The van der Waals surface area contributed by atoms with Gasteiger partial charge in [-0.05, 0) is 30.1 Å². The summed E-state index contributed by atoms with van der Waals surface area (Å²) < 4.78 is 5.93. The number of morpholine rings is 1. The van der Waals surface area contributed by atoms with E-state index in [4.69, 9.17) is 4.74 Å². The van der Waals surface area contributed by atoms with Crippen LogP contribution in [0.4, 0.5) is 0 Å². The Hall–Kier alpha value is -0.900. The molecule has 2 rings (SSSR count). The molecule has 7 heteroatoms. The molecule has 0 saturated carbocycles. The molecule has 1 unspecified atom stereocenters. The van der Waals surface area contributed by atoms with Crippen molar-refractivity contribution < 1.29 is 4.74 Å². The Labute approximate surface area is 200 Å². The Morgan fingerprint density at radius 1 is 1.23 bits per heavy atom. The molecule has 0 aliphatic carbocycles. The van der Waals surface area contributed by atoms with Crippen molar-refractivity contribution in [2.75, 3.05) is 52.9 Å². The quantitative estimate of drug-likeness (QED) is 0.276. The second-order valence-corrected chi connectivity index (χ2v) is 8.23. The van der Waals surface area contributed by atoms with E-state index in [9.17, 15) is 0 Å². The van der Waals surface area contributed by atoms with Crippen LogP contribution >= 0.6 is 24.0 Å². The molecule has 30 heavy (non-hydrogen) atoms. The molecule has 1 aromatic carbocycles. The second kappa shape index (κ2) is 15.0. The monoisotopic (exact) mass is 531 g/mol. The van der Waals surface area contributed by atoms with Gasteiger partial charge in [-0.25, -0.2) is 0 Å². The summed E-state index contributed by atoms with van der Waals surface area (Å²) in [6, 6.07) is 8.80. The van der Waals surface area contributed by atoms with Gasteiger partial charge in [-0.3, -0.25) is 14.8 Å². The molecule has 1 aliphatic rings. The lowest BCUT2D eigenvalue weighted by atomic mass is 10.1. The van der Waals surface area contributed by atoms with Crippen molar-refractivity contribution in [3.05, 3.63) is 35.4 Å². The van der Waals surface area contributed by atoms with Crippen LogP contribution in [0.2, 0.25) is 0 Å². The first-order valence-corrected chi connectivity index (χ1v) is 11.1. The molecule has 1 atom stereocenters. The molecule has 1 aromatic rings. The van der Waals surface area contributed by atoms with Crippen molar-refractivity contribution in [2.24, 2.45) is 10.9 Å². The van der Waals surface area contributed by atoms with Crippen molar-refractivity contribution >= 4 is 29.9 Å². The molecular weight excluding hydrogens is 489 g/mol. The molecule has 1 heterocycles. The number of halogens is 1. The minimum Gasteiger partial charge on any atom is -0.374 e. The Kier molecular flexibility index (Phi) is 13.6. The highest BCUT2D eigenvalue weighted by Crippen LogP contribution is 2.09. The first kappa shape index (κ1) is 27.1. The zero-order valence-electron chi connectivity index (χ0n) is 19.5. The van der Waals surface area contributed by atoms with Gasteiger partial charge in [0, 0.05) is 46.3 Å². The van der Waals surface area contributed by atoms with Crippen LogP contribution in [0.1, 0.15) is 38.8 Å². The molecule has 0 radical (unpaired) electrons. The fraction of sp³-hybridized carbons (Fsp3) is 0.696. The normalized spacial score (nSPS) is 17.8. The summed E-state index contributed by atoms with van der Waals surface area (Å²) in [7, 11) is 1.82. The van der Waals surface area contributed by atoms with E-state index in [-0.39, 0.29) is 30.1 Å². The second-order valence-electron chi connectivity index (χ2n) is 8.23. The zero-order chi connectivity index (χ0) is 21.1. The minimum atomic E-state index is 0. The van der Waals surface area contributed by atoms with E-state index in [0.29, 0.717) is 5.92 Å². The lowest BCUT2D eigenvalue weighted by Crippen LogP contribution is -2.50. The lowest BCUT2D eigenvalue weighted by molar-refractivity contribution is -0.0284. The van der Waals surface area contributed by atoms with Gasteiger partial charge in [-0.15, -0.1) is 24.0 Å². The molecule has 0 spiro atoms. The van der Waals surface area contributed by atoms with Gasteiger partial charge in [-0.1, -0.05) is 52.0 Å². The lowest BCUT2D eigenvalue weighted by Gasteiger charge is -2.34. The van der Waals surface area contributed by atoms with Crippen molar-refractivity contribution in [3.63, 3.8) is 0 Å². The van der Waals surface area contributed by atoms with Gasteiger partial charge in [0.15, 0.2) is 5.96 Å². The third kappa shape index (κ3) is 9.94. The average molecular weight is 532 g/mol. The van der Waals surface area contributed by atoms with Gasteiger partial charge in [0.25, 0.3) is 0 Å². The molecule has 0 amide bonds. The molecule has 172 valence electrons. The number of hydrogen-bond acceptors (Lipinski definition) is 4. The maximum absolute atomic E-state index is 5.93. The molecule has 2 N–H and O–H groups in total. The predicted molar refractivity (Wildman–Crippen MR) is 138 cm³/mol. The Morgan fingerprint density at radius 3 is 2.63 bits per heavy atom. The number of hydrogen-bond donors (Lipinski definition) is 2. The summed E-state index contributed by atoms with van der Waals surface area (Å²) in [6.45, 7) is 17.6. The molecule has 0 aromatic heterocycles. The first-order chi connectivity index (χ1) is 14.0. The standard InChI is InChI=1S/C23H41N5O.HI/c1-6-27(7-2)17-21-10-8-9-20(13-21)14-25-23(24-5)26-15-22-18-28(11-12-29-22)16-19(3)4;/h8-10,13,19,22H,6-7,11-12,14-18H2,1-5H3,(H2,24,25,26);1H. The fourth-order valence-corrected chi connectivity index (χ4v) is 3.75. The van der Waals surface area contributed by atoms with Crippen LogP contribution in [-0.2, 0) is 17.8 Å². The largest absolute Gasteiger partial charge is 0.374 e. The molecule has 1 saturated heterocycles. The van der Waals surface area contributed by atoms with Crippen LogP contribution in [0.15, 0.2) is 29.3 Å². The van der Waals surface area contributed by atoms with Crippen LogP contribution in [0.5, 0.6) is 0 Å². The number of rotatable bonds is 10. The van der Waals surface area contributed by atoms with Gasteiger partial charge in [0.2, 0.25) is 0 Å². The summed E-state index contributed by atoms with van der Waals surface area (Å²) in [4.78, 5) is 9.30. The predicted octanol–water partition coefficient (Wildman–Crippen LogP) is 3.17. The molecule has 1 fully saturated rings. The Balaban J connectivity index is 0.00000450. The van der Waals surface area contributed by atoms with Crippen molar-refractivity contribution in [2.45, 2.75) is 46.9 Å². The summed E-state index contributed by atoms with van der Waals surface area (Å²) in [5.74, 6) is 1.51. The van der Waals surface area contributed by atoms with Crippen LogP contribution in [0.25, 0.3) is 0 Å². The Morgan fingerprint density at radius 2 is 1.97 bits per heavy atom. The Bertz CT molecular complexity index is 621. The van der Waals surface area contributed by atoms with Gasteiger partial charge < -0.3 is 15.4 Å². The molecule has 0 bridgehead atoms. The molecular formula is C23H42IN5O. The van der Waals surface area contributed by atoms with Gasteiger partial charge in [0.1, 0.15) is 0 Å². The van der Waals surface area contributed by atoms with E-state index in [0.717, 1.165) is 64.9 Å². The maximum atomic E-state index is 5.93. The smallest absolute Gasteiger partial charge is 0.191 e. The third-order valence-electron chi connectivity index (χ3n) is 5.32. The van der Waals surface area contributed by atoms with E-state index in [2.05, 4.69) is 77.4 Å². The highest BCUT2D eigenvalue weighted by atomic mass is 127. The summed E-state index contributed by atoms with van der Waals surface area (Å²) >= 11 is 0. The highest BCUT2D eigenvalue weighted by molar-refractivity contribution is 14.0. The minimum absolute atomic E-state index is 0. The average Bonchev–Trinajstić information content (AvgIpc) is 2.72. The van der Waals surface area contributed by atoms with E-state index < -0.39 is 0 Å². The molecule has 1 aliphatic heterocycles. The van der Waals surface area contributed by atoms with Crippen LogP contribution in [0, 0.1) is 5.92 Å². The highest BCUT2D eigenvalue weighted by Gasteiger charge is 2.21. The van der Waals surface area contributed by atoms with Gasteiger partial charge in [-0.2, -0.15) is 0 Å². The van der Waals surface area contributed by atoms with Crippen LogP contribution in [0.3, 0.4) is 0 Å². The number of benzene rings is 1. The van der Waals surface area contributed by atoms with Crippen molar-refractivity contribution in [1.82, 2.24) is 20.4 Å². The molecule has 6 nitrogen and oxygen atoms in total. The van der Waals surface area contributed by atoms with Crippen LogP contribution in [-0.4, -0.2) is 74.8 Å². The number of ether oxygens (including phenoxy) is 1. The third-order valence-corrected chi connectivity index (χ3v) is 5.32. The van der Waals surface area contributed by atoms with Crippen LogP contribution < -0.4 is 10.6 Å². The maximum Gasteiger partial charge on any atom is 0.191 e. The SMILES string of the molecule is CCN(CC)Cc1cccc(CNC(=NC)NCC2CN(CC(C)C)CCO2)c1.I. The zero-order valence-corrected chi connectivity index (χ0v) is 21.8. The van der Waals surface area contributed by atoms with E-state index in [1.54, 1.807) is 0 Å². The van der Waals surface area contributed by atoms with Gasteiger partial charge in [0.05, 0.1) is 12.7 Å². The number of aliphatic imine (C=N–C) groups is 1. The fourth-order valence-electron chi connectivity index (χ4n) is 3.75. The van der Waals surface area contributed by atoms with Gasteiger partial charge >= 0.3 is 0 Å². The summed E-state index contributed by atoms with van der Waals surface area (Å²) in [5.41, 5.74) is 2.63. The summed E-state index contributed by atoms with van der Waals surface area (Å²) in [5, 5.41) is 6.86. The van der Waals surface area contributed by atoms with E-state index >= 15 is 0 Å². The van der Waals surface area contributed by atoms with E-state index in [1.165, 1.54) is 11.1 Å². The topological polar surface area (TPSA) is 52.1 Å². The number of nitrogens with zero attached hydrogens (tertiary/aromatic N) is 3. The van der Waals surface area contributed by atoms with E-state index in [1.807, 2.05) is 7.05 Å². The number of guanidine groups is 1.